The minimum atomic E-state index is 0.398. The fourth-order valence-corrected chi connectivity index (χ4v) is 2.14. The summed E-state index contributed by atoms with van der Waals surface area (Å²) in [6.45, 7) is 1.78. The Kier molecular flexibility index (Phi) is 3.51. The number of nitrogens with zero attached hydrogens (tertiary/aromatic N) is 2. The van der Waals surface area contributed by atoms with Crippen LogP contribution >= 0.6 is 0 Å². The van der Waals surface area contributed by atoms with Gasteiger partial charge >= 0.3 is 0 Å². The molecule has 0 amide bonds. The summed E-state index contributed by atoms with van der Waals surface area (Å²) in [6.07, 6.45) is 0. The number of para-hydroxylation sites is 1. The number of nitrogens with two attached hydrogens (primary N) is 1. The second kappa shape index (κ2) is 5.63. The first-order valence-electron chi connectivity index (χ1n) is 6.66. The highest BCUT2D eigenvalue weighted by molar-refractivity contribution is 5.70. The quantitative estimate of drug-likeness (QED) is 0.790. The maximum absolute atomic E-state index is 5.89. The molecule has 0 saturated heterocycles. The Bertz CT molecular complexity index is 737. The molecule has 0 aliphatic carbocycles. The molecule has 4 nitrogen and oxygen atoms in total. The molecule has 0 radical (unpaired) electrons. The molecule has 0 aliphatic heterocycles. The van der Waals surface area contributed by atoms with E-state index in [-0.39, 0.29) is 0 Å². The number of aromatic nitrogens is 2. The molecule has 3 rings (SSSR count). The lowest BCUT2D eigenvalue weighted by molar-refractivity contribution is 0.462. The van der Waals surface area contributed by atoms with Crippen molar-refractivity contribution in [2.75, 3.05) is 5.73 Å². The van der Waals surface area contributed by atoms with Crippen molar-refractivity contribution in [3.63, 3.8) is 0 Å². The highest BCUT2D eigenvalue weighted by Gasteiger charge is 2.08. The van der Waals surface area contributed by atoms with Crippen LogP contribution in [0, 0.1) is 6.92 Å². The van der Waals surface area contributed by atoms with Gasteiger partial charge in [-0.15, -0.1) is 0 Å². The molecule has 1 aromatic heterocycles. The number of nitrogen functional groups attached to an aromatic ring is 1. The molecule has 2 N–H and O–H groups in total. The third kappa shape index (κ3) is 3.00. The van der Waals surface area contributed by atoms with E-state index in [2.05, 4.69) is 9.97 Å². The van der Waals surface area contributed by atoms with Crippen LogP contribution < -0.4 is 10.5 Å². The van der Waals surface area contributed by atoms with E-state index in [9.17, 15) is 0 Å². The normalized spacial score (nSPS) is 10.3. The highest BCUT2D eigenvalue weighted by atomic mass is 16.5. The molecule has 0 spiro atoms. The zero-order valence-electron chi connectivity index (χ0n) is 11.7. The van der Waals surface area contributed by atoms with Crippen molar-refractivity contribution in [3.8, 4) is 22.8 Å². The zero-order valence-corrected chi connectivity index (χ0v) is 11.7. The molecule has 104 valence electrons. The molecular weight excluding hydrogens is 262 g/mol. The van der Waals surface area contributed by atoms with Gasteiger partial charge in [0, 0.05) is 11.6 Å². The van der Waals surface area contributed by atoms with Crippen LogP contribution in [0.15, 0.2) is 60.7 Å². The lowest BCUT2D eigenvalue weighted by Crippen LogP contribution is -1.98. The molecular formula is C17H15N3O. The number of hydrogen-bond donors (Lipinski definition) is 1. The highest BCUT2D eigenvalue weighted by Crippen LogP contribution is 2.32. The fourth-order valence-electron chi connectivity index (χ4n) is 2.14. The topological polar surface area (TPSA) is 61.0 Å². The Morgan fingerprint density at radius 3 is 2.38 bits per heavy atom. The molecule has 0 atom stereocenters. The van der Waals surface area contributed by atoms with Crippen LogP contribution in [-0.2, 0) is 0 Å². The molecule has 0 aliphatic rings. The molecule has 0 saturated carbocycles. The van der Waals surface area contributed by atoms with Crippen molar-refractivity contribution in [1.29, 1.82) is 0 Å². The van der Waals surface area contributed by atoms with Gasteiger partial charge in [0.2, 0.25) is 5.88 Å². The summed E-state index contributed by atoms with van der Waals surface area (Å²) in [5, 5.41) is 0. The van der Waals surface area contributed by atoms with Gasteiger partial charge in [0.05, 0.1) is 0 Å². The van der Waals surface area contributed by atoms with Crippen molar-refractivity contribution in [2.24, 2.45) is 0 Å². The predicted octanol–water partition coefficient (Wildman–Crippen LogP) is 3.83. The first kappa shape index (κ1) is 13.1. The Hall–Kier alpha value is -2.88. The van der Waals surface area contributed by atoms with E-state index in [0.717, 1.165) is 16.9 Å². The predicted molar refractivity (Wildman–Crippen MR) is 83.1 cm³/mol. The Balaban J connectivity index is 2.00. The number of hydrogen-bond acceptors (Lipinski definition) is 4. The molecule has 0 unspecified atom stereocenters. The molecule has 21 heavy (non-hydrogen) atoms. The number of ether oxygens (including phenoxy) is 1. The van der Waals surface area contributed by atoms with Crippen LogP contribution in [0.4, 0.5) is 5.82 Å². The van der Waals surface area contributed by atoms with Gasteiger partial charge in [0.1, 0.15) is 17.4 Å². The average Bonchev–Trinajstić information content (AvgIpc) is 2.48. The van der Waals surface area contributed by atoms with Crippen LogP contribution in [-0.4, -0.2) is 9.97 Å². The van der Waals surface area contributed by atoms with E-state index in [1.165, 1.54) is 0 Å². The SMILES string of the molecule is Cc1nc(N)cc(Oc2ccccc2-c2ccccc2)n1. The van der Waals surface area contributed by atoms with Crippen LogP contribution in [0.5, 0.6) is 11.6 Å². The lowest BCUT2D eigenvalue weighted by Gasteiger charge is -2.11. The fraction of sp³-hybridized carbons (Fsp3) is 0.0588. The van der Waals surface area contributed by atoms with Crippen molar-refractivity contribution in [1.82, 2.24) is 9.97 Å². The summed E-state index contributed by atoms with van der Waals surface area (Å²) in [4.78, 5) is 8.29. The van der Waals surface area contributed by atoms with E-state index >= 15 is 0 Å². The number of benzene rings is 2. The van der Waals surface area contributed by atoms with Gasteiger partial charge in [-0.05, 0) is 18.6 Å². The first-order valence-corrected chi connectivity index (χ1v) is 6.66. The second-order valence-corrected chi connectivity index (χ2v) is 4.64. The third-order valence-corrected chi connectivity index (χ3v) is 3.02. The molecule has 4 heteroatoms. The minimum absolute atomic E-state index is 0.398. The summed E-state index contributed by atoms with van der Waals surface area (Å²) in [6, 6.07) is 19.5. The van der Waals surface area contributed by atoms with E-state index < -0.39 is 0 Å². The van der Waals surface area contributed by atoms with Gasteiger partial charge in [0.15, 0.2) is 0 Å². The van der Waals surface area contributed by atoms with Gasteiger partial charge in [-0.25, -0.2) is 4.98 Å². The van der Waals surface area contributed by atoms with Crippen molar-refractivity contribution < 1.29 is 4.74 Å². The first-order chi connectivity index (χ1) is 10.2. The molecule has 3 aromatic rings. The Morgan fingerprint density at radius 2 is 1.62 bits per heavy atom. The van der Waals surface area contributed by atoms with Gasteiger partial charge in [-0.2, -0.15) is 4.98 Å². The molecule has 0 fully saturated rings. The van der Waals surface area contributed by atoms with Crippen LogP contribution in [0.25, 0.3) is 11.1 Å². The molecule has 2 aromatic carbocycles. The monoisotopic (exact) mass is 277 g/mol. The van der Waals surface area contributed by atoms with Gasteiger partial charge in [-0.3, -0.25) is 0 Å². The summed E-state index contributed by atoms with van der Waals surface area (Å²) in [7, 11) is 0. The summed E-state index contributed by atoms with van der Waals surface area (Å²) in [5.74, 6) is 2.17. The Labute approximate surface area is 123 Å². The summed E-state index contributed by atoms with van der Waals surface area (Å²) < 4.78 is 5.89. The van der Waals surface area contributed by atoms with E-state index in [1.54, 1.807) is 13.0 Å². The second-order valence-electron chi connectivity index (χ2n) is 4.64. The standard InChI is InChI=1S/C17H15N3O/c1-12-19-16(18)11-17(20-12)21-15-10-6-5-9-14(15)13-7-3-2-4-8-13/h2-11H,1H3,(H2,18,19,20). The zero-order chi connectivity index (χ0) is 14.7. The summed E-state index contributed by atoms with van der Waals surface area (Å²) >= 11 is 0. The maximum Gasteiger partial charge on any atom is 0.224 e. The minimum Gasteiger partial charge on any atom is -0.438 e. The van der Waals surface area contributed by atoms with Gasteiger partial charge in [-0.1, -0.05) is 48.5 Å². The third-order valence-electron chi connectivity index (χ3n) is 3.02. The van der Waals surface area contributed by atoms with Gasteiger partial charge in [0.25, 0.3) is 0 Å². The van der Waals surface area contributed by atoms with Crippen molar-refractivity contribution in [2.45, 2.75) is 6.92 Å². The molecule has 0 bridgehead atoms. The average molecular weight is 277 g/mol. The Morgan fingerprint density at radius 1 is 0.905 bits per heavy atom. The molecule has 1 heterocycles. The van der Waals surface area contributed by atoms with E-state index in [4.69, 9.17) is 10.5 Å². The lowest BCUT2D eigenvalue weighted by atomic mass is 10.1. The van der Waals surface area contributed by atoms with Gasteiger partial charge < -0.3 is 10.5 Å². The van der Waals surface area contributed by atoms with E-state index in [1.807, 2.05) is 54.6 Å². The number of aryl methyl sites for hydroxylation is 1. The van der Waals surface area contributed by atoms with Crippen molar-refractivity contribution >= 4 is 5.82 Å². The number of anilines is 1. The largest absolute Gasteiger partial charge is 0.438 e. The van der Waals surface area contributed by atoms with Crippen LogP contribution in [0.2, 0.25) is 0 Å². The number of rotatable bonds is 3. The smallest absolute Gasteiger partial charge is 0.224 e. The maximum atomic E-state index is 5.89. The van der Waals surface area contributed by atoms with Crippen molar-refractivity contribution in [3.05, 3.63) is 66.5 Å². The van der Waals surface area contributed by atoms with E-state index in [0.29, 0.717) is 17.5 Å². The van der Waals surface area contributed by atoms with Crippen LogP contribution in [0.1, 0.15) is 5.82 Å². The summed E-state index contributed by atoms with van der Waals surface area (Å²) in [5.41, 5.74) is 7.83. The van der Waals surface area contributed by atoms with Crippen LogP contribution in [0.3, 0.4) is 0 Å².